The second kappa shape index (κ2) is 13.0. The van der Waals surface area contributed by atoms with Crippen LogP contribution in [0.3, 0.4) is 0 Å². The molecule has 0 bridgehead atoms. The Morgan fingerprint density at radius 3 is 2.51 bits per heavy atom. The van der Waals surface area contributed by atoms with Crippen LogP contribution in [-0.4, -0.2) is 84.4 Å². The molecule has 1 aromatic carbocycles. The van der Waals surface area contributed by atoms with Gasteiger partial charge in [0.2, 0.25) is 0 Å². The molecule has 1 aromatic heterocycles. The topological polar surface area (TPSA) is 86.2 Å². The predicted molar refractivity (Wildman–Crippen MR) is 132 cm³/mol. The summed E-state index contributed by atoms with van der Waals surface area (Å²) in [5.74, 6) is 0.580. The number of amides is 2. The summed E-state index contributed by atoms with van der Waals surface area (Å²) in [7, 11) is 3.44. The number of aliphatic hydroxyl groups is 1. The molecular weight excluding hydrogens is 451 g/mol. The highest BCUT2D eigenvalue weighted by Gasteiger charge is 2.34. The first-order valence-corrected chi connectivity index (χ1v) is 12.1. The SMILES string of the molecule is CN(C)C(=O)c1ccc(N2CCCC(N3CCC(CCCO)OC3=O)C2)nc1.Fc1ccccc1. The number of nitrogens with zero attached hydrogens (tertiary/aromatic N) is 4. The summed E-state index contributed by atoms with van der Waals surface area (Å²) in [6.07, 6.45) is 5.39. The molecule has 2 amide bonds. The van der Waals surface area contributed by atoms with Gasteiger partial charge in [0.1, 0.15) is 17.7 Å². The number of benzene rings is 1. The number of rotatable bonds is 6. The number of carbonyl (C=O) groups is 2. The van der Waals surface area contributed by atoms with E-state index >= 15 is 0 Å². The lowest BCUT2D eigenvalue weighted by atomic mass is 10.0. The zero-order chi connectivity index (χ0) is 25.2. The molecule has 1 N–H and O–H groups in total. The Bertz CT molecular complexity index is 942. The van der Waals surface area contributed by atoms with E-state index in [0.717, 1.165) is 38.0 Å². The zero-order valence-corrected chi connectivity index (χ0v) is 20.5. The average molecular weight is 487 g/mol. The van der Waals surface area contributed by atoms with Gasteiger partial charge in [-0.1, -0.05) is 18.2 Å². The molecule has 0 spiro atoms. The summed E-state index contributed by atoms with van der Waals surface area (Å²) in [6, 6.07) is 11.7. The van der Waals surface area contributed by atoms with Crippen molar-refractivity contribution in [1.82, 2.24) is 14.8 Å². The molecular formula is C26H35FN4O4. The third-order valence-corrected chi connectivity index (χ3v) is 6.17. The van der Waals surface area contributed by atoms with E-state index in [1.165, 1.54) is 17.0 Å². The van der Waals surface area contributed by atoms with Gasteiger partial charge in [0.25, 0.3) is 5.91 Å². The van der Waals surface area contributed by atoms with E-state index in [0.29, 0.717) is 25.1 Å². The maximum Gasteiger partial charge on any atom is 0.410 e. The Morgan fingerprint density at radius 2 is 1.94 bits per heavy atom. The first-order valence-electron chi connectivity index (χ1n) is 12.1. The molecule has 2 aliphatic heterocycles. The fourth-order valence-electron chi connectivity index (χ4n) is 4.29. The van der Waals surface area contributed by atoms with Crippen LogP contribution in [0.2, 0.25) is 0 Å². The summed E-state index contributed by atoms with van der Waals surface area (Å²) in [5.41, 5.74) is 0.566. The van der Waals surface area contributed by atoms with Crippen molar-refractivity contribution in [3.63, 3.8) is 0 Å². The van der Waals surface area contributed by atoms with Crippen molar-refractivity contribution >= 4 is 17.8 Å². The van der Waals surface area contributed by atoms with Crippen LogP contribution in [0.5, 0.6) is 0 Å². The van der Waals surface area contributed by atoms with Gasteiger partial charge in [-0.05, 0) is 49.9 Å². The van der Waals surface area contributed by atoms with Gasteiger partial charge in [0.15, 0.2) is 0 Å². The van der Waals surface area contributed by atoms with E-state index < -0.39 is 0 Å². The normalized spacial score (nSPS) is 19.9. The number of pyridine rings is 1. The molecule has 9 heteroatoms. The van der Waals surface area contributed by atoms with Crippen molar-refractivity contribution in [1.29, 1.82) is 0 Å². The Labute approximate surface area is 206 Å². The second-order valence-electron chi connectivity index (χ2n) is 9.00. The van der Waals surface area contributed by atoms with Gasteiger partial charge >= 0.3 is 6.09 Å². The van der Waals surface area contributed by atoms with Crippen molar-refractivity contribution in [3.05, 3.63) is 60.0 Å². The average Bonchev–Trinajstić information content (AvgIpc) is 2.88. The van der Waals surface area contributed by atoms with Crippen LogP contribution in [0, 0.1) is 5.82 Å². The summed E-state index contributed by atoms with van der Waals surface area (Å²) >= 11 is 0. The molecule has 0 aliphatic carbocycles. The molecule has 190 valence electrons. The third-order valence-electron chi connectivity index (χ3n) is 6.17. The zero-order valence-electron chi connectivity index (χ0n) is 20.5. The molecule has 2 aromatic rings. The molecule has 0 saturated carbocycles. The molecule has 3 heterocycles. The van der Waals surface area contributed by atoms with Crippen LogP contribution in [0.25, 0.3) is 0 Å². The van der Waals surface area contributed by atoms with Crippen molar-refractivity contribution in [2.75, 3.05) is 45.2 Å². The van der Waals surface area contributed by atoms with Crippen LogP contribution in [0.1, 0.15) is 42.5 Å². The van der Waals surface area contributed by atoms with Crippen molar-refractivity contribution < 1.29 is 23.8 Å². The molecule has 2 unspecified atom stereocenters. The summed E-state index contributed by atoms with van der Waals surface area (Å²) in [5, 5.41) is 8.95. The Hall–Kier alpha value is -3.20. The molecule has 35 heavy (non-hydrogen) atoms. The second-order valence-corrected chi connectivity index (χ2v) is 9.00. The quantitative estimate of drug-likeness (QED) is 0.672. The maximum absolute atomic E-state index is 12.5. The van der Waals surface area contributed by atoms with Crippen LogP contribution in [0.15, 0.2) is 48.7 Å². The van der Waals surface area contributed by atoms with E-state index in [4.69, 9.17) is 9.84 Å². The van der Waals surface area contributed by atoms with Crippen LogP contribution < -0.4 is 4.90 Å². The molecule has 2 saturated heterocycles. The number of cyclic esters (lactones) is 1. The first-order chi connectivity index (χ1) is 16.9. The van der Waals surface area contributed by atoms with Crippen LogP contribution in [-0.2, 0) is 4.74 Å². The standard InChI is InChI=1S/C20H30N4O4.C6H5F/c1-22(2)19(26)15-7-8-18(21-13-15)23-10-3-5-16(14-23)24-11-9-17(6-4-12-25)28-20(24)27;7-6-4-2-1-3-5-6/h7-8,13,16-17,25H,3-6,9-12,14H2,1-2H3;1-5H. The van der Waals surface area contributed by atoms with E-state index in [1.54, 1.807) is 44.6 Å². The van der Waals surface area contributed by atoms with E-state index in [-0.39, 0.29) is 36.6 Å². The molecule has 8 nitrogen and oxygen atoms in total. The Morgan fingerprint density at radius 1 is 1.17 bits per heavy atom. The van der Waals surface area contributed by atoms with Gasteiger partial charge in [-0.15, -0.1) is 0 Å². The molecule has 2 aliphatic rings. The van der Waals surface area contributed by atoms with E-state index in [2.05, 4.69) is 9.88 Å². The first kappa shape index (κ1) is 26.4. The molecule has 2 atom stereocenters. The number of carbonyl (C=O) groups excluding carboxylic acids is 2. The lowest BCUT2D eigenvalue weighted by molar-refractivity contribution is 0.00385. The number of hydrogen-bond donors (Lipinski definition) is 1. The van der Waals surface area contributed by atoms with Gasteiger partial charge in [0, 0.05) is 53.0 Å². The minimum atomic E-state index is -0.249. The number of anilines is 1. The fourth-order valence-corrected chi connectivity index (χ4v) is 4.29. The molecule has 0 radical (unpaired) electrons. The largest absolute Gasteiger partial charge is 0.446 e. The number of hydrogen-bond acceptors (Lipinski definition) is 6. The highest BCUT2D eigenvalue weighted by molar-refractivity contribution is 5.93. The van der Waals surface area contributed by atoms with Gasteiger partial charge in [-0.25, -0.2) is 14.2 Å². The van der Waals surface area contributed by atoms with Crippen LogP contribution in [0.4, 0.5) is 15.0 Å². The summed E-state index contributed by atoms with van der Waals surface area (Å²) < 4.78 is 17.5. The monoisotopic (exact) mass is 486 g/mol. The minimum Gasteiger partial charge on any atom is -0.446 e. The molecule has 2 fully saturated rings. The van der Waals surface area contributed by atoms with Crippen molar-refractivity contribution in [2.45, 2.75) is 44.2 Å². The lowest BCUT2D eigenvalue weighted by Crippen LogP contribution is -2.54. The van der Waals surface area contributed by atoms with E-state index in [9.17, 15) is 14.0 Å². The van der Waals surface area contributed by atoms with E-state index in [1.807, 2.05) is 11.0 Å². The smallest absolute Gasteiger partial charge is 0.410 e. The summed E-state index contributed by atoms with van der Waals surface area (Å²) in [6.45, 7) is 2.41. The third kappa shape index (κ3) is 7.65. The Kier molecular flexibility index (Phi) is 9.84. The van der Waals surface area contributed by atoms with Gasteiger partial charge in [-0.2, -0.15) is 0 Å². The minimum absolute atomic E-state index is 0.0672. The number of halogens is 1. The highest BCUT2D eigenvalue weighted by atomic mass is 19.1. The number of aliphatic hydroxyl groups excluding tert-OH is 1. The lowest BCUT2D eigenvalue weighted by Gasteiger charge is -2.42. The Balaban J connectivity index is 0.000000420. The van der Waals surface area contributed by atoms with Crippen molar-refractivity contribution in [3.8, 4) is 0 Å². The maximum atomic E-state index is 12.5. The fraction of sp³-hybridized carbons (Fsp3) is 0.500. The number of ether oxygens (including phenoxy) is 1. The number of piperidine rings is 1. The number of aromatic nitrogens is 1. The van der Waals surface area contributed by atoms with Gasteiger partial charge in [0.05, 0.1) is 11.6 Å². The van der Waals surface area contributed by atoms with Crippen LogP contribution >= 0.6 is 0 Å². The van der Waals surface area contributed by atoms with Gasteiger partial charge in [-0.3, -0.25) is 4.79 Å². The highest BCUT2D eigenvalue weighted by Crippen LogP contribution is 2.25. The molecule has 4 rings (SSSR count). The van der Waals surface area contributed by atoms with Gasteiger partial charge < -0.3 is 24.5 Å². The predicted octanol–water partition coefficient (Wildman–Crippen LogP) is 3.56. The van der Waals surface area contributed by atoms with Crippen molar-refractivity contribution in [2.24, 2.45) is 0 Å². The summed E-state index contributed by atoms with van der Waals surface area (Å²) in [4.78, 5) is 34.5.